The lowest BCUT2D eigenvalue weighted by Crippen LogP contribution is -1.96. The van der Waals surface area contributed by atoms with E-state index in [0.29, 0.717) is 0 Å². The van der Waals surface area contributed by atoms with E-state index in [4.69, 9.17) is 0 Å². The number of rotatable bonds is 5. The van der Waals surface area contributed by atoms with Crippen LogP contribution in [0.25, 0.3) is 6.08 Å². The molecule has 0 saturated heterocycles. The molecule has 92 valence electrons. The average molecular weight is 228 g/mol. The Morgan fingerprint density at radius 3 is 2.41 bits per heavy atom. The molecule has 0 atom stereocenters. The lowest BCUT2D eigenvalue weighted by Gasteiger charge is -2.10. The predicted octanol–water partition coefficient (Wildman–Crippen LogP) is 4.94. The Kier molecular flexibility index (Phi) is 4.04. The van der Waals surface area contributed by atoms with Crippen LogP contribution in [0.5, 0.6) is 0 Å². The highest BCUT2D eigenvalue weighted by molar-refractivity contribution is 5.67. The van der Waals surface area contributed by atoms with Crippen LogP contribution in [-0.4, -0.2) is 0 Å². The minimum atomic E-state index is 1.19. The molecule has 0 aromatic heterocycles. The van der Waals surface area contributed by atoms with Gasteiger partial charge in [0.1, 0.15) is 0 Å². The van der Waals surface area contributed by atoms with E-state index in [-0.39, 0.29) is 0 Å². The summed E-state index contributed by atoms with van der Waals surface area (Å²) in [4.78, 5) is 0. The van der Waals surface area contributed by atoms with Gasteiger partial charge < -0.3 is 0 Å². The fourth-order valence-corrected chi connectivity index (χ4v) is 2.82. The van der Waals surface area contributed by atoms with Crippen molar-refractivity contribution in [1.82, 2.24) is 0 Å². The maximum absolute atomic E-state index is 2.45. The van der Waals surface area contributed by atoms with Gasteiger partial charge in [0.05, 0.1) is 0 Å². The molecule has 2 rings (SSSR count). The summed E-state index contributed by atoms with van der Waals surface area (Å²) in [7, 11) is 0. The number of benzene rings is 1. The Labute approximate surface area is 106 Å². The van der Waals surface area contributed by atoms with E-state index in [1.807, 2.05) is 0 Å². The first-order chi connectivity index (χ1) is 8.28. The van der Waals surface area contributed by atoms with E-state index >= 15 is 0 Å². The molecule has 1 aliphatic rings. The first-order valence-electron chi connectivity index (χ1n) is 7.12. The van der Waals surface area contributed by atoms with Crippen molar-refractivity contribution in [3.05, 3.63) is 40.0 Å². The predicted molar refractivity (Wildman–Crippen MR) is 76.4 cm³/mol. The first-order valence-corrected chi connectivity index (χ1v) is 7.12. The topological polar surface area (TPSA) is 0 Å². The molecule has 0 spiro atoms. The van der Waals surface area contributed by atoms with Crippen LogP contribution in [0.15, 0.2) is 17.7 Å². The molecule has 0 N–H and O–H groups in total. The van der Waals surface area contributed by atoms with Gasteiger partial charge in [-0.25, -0.2) is 0 Å². The summed E-state index contributed by atoms with van der Waals surface area (Å²) < 4.78 is 0. The van der Waals surface area contributed by atoms with Crippen molar-refractivity contribution in [3.8, 4) is 0 Å². The third-order valence-corrected chi connectivity index (χ3v) is 3.69. The monoisotopic (exact) mass is 228 g/mol. The third kappa shape index (κ3) is 2.62. The van der Waals surface area contributed by atoms with Crippen molar-refractivity contribution in [2.45, 2.75) is 59.3 Å². The first kappa shape index (κ1) is 12.4. The van der Waals surface area contributed by atoms with Crippen molar-refractivity contribution < 1.29 is 0 Å². The van der Waals surface area contributed by atoms with Gasteiger partial charge in [-0.1, -0.05) is 57.4 Å². The molecule has 0 fully saturated rings. The number of allylic oxidation sites excluding steroid dienone is 1. The molecule has 0 amide bonds. The van der Waals surface area contributed by atoms with Crippen LogP contribution in [0, 0.1) is 0 Å². The minimum absolute atomic E-state index is 1.19. The van der Waals surface area contributed by atoms with Gasteiger partial charge in [0.25, 0.3) is 0 Å². The van der Waals surface area contributed by atoms with Crippen molar-refractivity contribution in [3.63, 3.8) is 0 Å². The zero-order valence-corrected chi connectivity index (χ0v) is 11.5. The quantitative estimate of drug-likeness (QED) is 0.669. The highest BCUT2D eigenvalue weighted by Crippen LogP contribution is 2.31. The third-order valence-electron chi connectivity index (χ3n) is 3.69. The molecule has 0 bridgehead atoms. The summed E-state index contributed by atoms with van der Waals surface area (Å²) in [6, 6.07) is 4.89. The number of hydrogen-bond donors (Lipinski definition) is 0. The van der Waals surface area contributed by atoms with Crippen LogP contribution in [0.3, 0.4) is 0 Å². The summed E-state index contributed by atoms with van der Waals surface area (Å²) in [5, 5.41) is 0. The number of hydrogen-bond acceptors (Lipinski definition) is 0. The van der Waals surface area contributed by atoms with Crippen molar-refractivity contribution in [1.29, 1.82) is 0 Å². The van der Waals surface area contributed by atoms with E-state index in [1.54, 1.807) is 27.8 Å². The molecule has 0 aliphatic heterocycles. The second-order valence-electron chi connectivity index (χ2n) is 5.16. The van der Waals surface area contributed by atoms with Gasteiger partial charge in [0.15, 0.2) is 0 Å². The molecular formula is C17H24. The molecule has 17 heavy (non-hydrogen) atoms. The molecule has 1 aliphatic carbocycles. The second-order valence-corrected chi connectivity index (χ2v) is 5.16. The maximum atomic E-state index is 2.45. The summed E-state index contributed by atoms with van der Waals surface area (Å²) in [6.45, 7) is 6.81. The van der Waals surface area contributed by atoms with E-state index in [1.165, 1.54) is 38.5 Å². The molecule has 1 aromatic rings. The van der Waals surface area contributed by atoms with E-state index in [2.05, 4.69) is 39.0 Å². The molecular weight excluding hydrogens is 204 g/mol. The van der Waals surface area contributed by atoms with Gasteiger partial charge in [-0.2, -0.15) is 0 Å². The molecule has 1 aromatic carbocycles. The average Bonchev–Trinajstić information content (AvgIpc) is 2.73. The van der Waals surface area contributed by atoms with E-state index in [0.717, 1.165) is 0 Å². The summed E-state index contributed by atoms with van der Waals surface area (Å²) in [6.07, 6.45) is 9.79. The maximum Gasteiger partial charge on any atom is -0.00577 e. The van der Waals surface area contributed by atoms with Crippen LogP contribution < -0.4 is 0 Å². The Bertz CT molecular complexity index is 424. The Hall–Kier alpha value is -1.04. The summed E-state index contributed by atoms with van der Waals surface area (Å²) in [5.41, 5.74) is 7.85. The highest BCUT2D eigenvalue weighted by Gasteiger charge is 2.15. The van der Waals surface area contributed by atoms with E-state index in [9.17, 15) is 0 Å². The Morgan fingerprint density at radius 1 is 1.00 bits per heavy atom. The molecule has 0 heteroatoms. The summed E-state index contributed by atoms with van der Waals surface area (Å²) in [5.74, 6) is 0. The van der Waals surface area contributed by atoms with Crippen LogP contribution in [-0.2, 0) is 19.3 Å². The van der Waals surface area contributed by atoms with E-state index < -0.39 is 0 Å². The lowest BCUT2D eigenvalue weighted by molar-refractivity contribution is 0.889. The Morgan fingerprint density at radius 2 is 1.76 bits per heavy atom. The lowest BCUT2D eigenvalue weighted by atomic mass is 9.95. The molecule has 0 radical (unpaired) electrons. The van der Waals surface area contributed by atoms with Crippen LogP contribution in [0.2, 0.25) is 0 Å². The largest absolute Gasteiger partial charge is 0.0655 e. The zero-order chi connectivity index (χ0) is 12.3. The molecule has 0 saturated carbocycles. The van der Waals surface area contributed by atoms with Crippen molar-refractivity contribution in [2.24, 2.45) is 0 Å². The minimum Gasteiger partial charge on any atom is -0.0655 e. The van der Waals surface area contributed by atoms with Crippen LogP contribution >= 0.6 is 0 Å². The summed E-state index contributed by atoms with van der Waals surface area (Å²) >= 11 is 0. The van der Waals surface area contributed by atoms with Gasteiger partial charge >= 0.3 is 0 Å². The van der Waals surface area contributed by atoms with Crippen molar-refractivity contribution >= 4 is 6.08 Å². The fourth-order valence-electron chi connectivity index (χ4n) is 2.82. The molecule has 0 heterocycles. The zero-order valence-electron chi connectivity index (χ0n) is 11.5. The second kappa shape index (κ2) is 5.53. The van der Waals surface area contributed by atoms with Gasteiger partial charge in [-0.05, 0) is 47.9 Å². The van der Waals surface area contributed by atoms with Gasteiger partial charge in [-0.3, -0.25) is 0 Å². The van der Waals surface area contributed by atoms with Crippen molar-refractivity contribution in [2.75, 3.05) is 0 Å². The van der Waals surface area contributed by atoms with Gasteiger partial charge in [0, 0.05) is 0 Å². The Balaban J connectivity index is 2.37. The fraction of sp³-hybridized carbons (Fsp3) is 0.529. The number of aryl methyl sites for hydroxylation is 2. The SMILES string of the molecule is CCCc1cc(CCC)c2c(c1)CC(CC)=C2. The molecule has 0 nitrogen and oxygen atoms in total. The van der Waals surface area contributed by atoms with Gasteiger partial charge in [-0.15, -0.1) is 0 Å². The highest BCUT2D eigenvalue weighted by atomic mass is 14.2. The molecule has 0 unspecified atom stereocenters. The number of fused-ring (bicyclic) bond motifs is 1. The normalized spacial score (nSPS) is 13.7. The smallest absolute Gasteiger partial charge is 0.00577 e. The van der Waals surface area contributed by atoms with Gasteiger partial charge in [0.2, 0.25) is 0 Å². The van der Waals surface area contributed by atoms with Crippen LogP contribution in [0.1, 0.15) is 62.3 Å². The van der Waals surface area contributed by atoms with Crippen LogP contribution in [0.4, 0.5) is 0 Å². The standard InChI is InChI=1S/C17H24/c1-4-7-14-10-15(8-5-2)17-12-13(6-3)9-16(17)11-14/h10-12H,4-9H2,1-3H3.